The van der Waals surface area contributed by atoms with Gasteiger partial charge in [0.1, 0.15) is 5.78 Å². The van der Waals surface area contributed by atoms with Crippen molar-refractivity contribution in [3.8, 4) is 0 Å². The van der Waals surface area contributed by atoms with Gasteiger partial charge in [0.2, 0.25) is 0 Å². The number of aromatic nitrogens is 1. The van der Waals surface area contributed by atoms with Crippen molar-refractivity contribution in [1.29, 1.82) is 0 Å². The quantitative estimate of drug-likeness (QED) is 0.692. The molecule has 8 heteroatoms. The SMILES string of the molecule is CC(=O)CCC(=O)OCC(=O)N=c1sccn1Cc1ccccc1Cl. The van der Waals surface area contributed by atoms with Crippen molar-refractivity contribution in [3.63, 3.8) is 0 Å². The van der Waals surface area contributed by atoms with Crippen molar-refractivity contribution in [2.24, 2.45) is 4.99 Å². The molecule has 0 aliphatic carbocycles. The highest BCUT2D eigenvalue weighted by molar-refractivity contribution is 7.07. The number of benzene rings is 1. The maximum absolute atomic E-state index is 11.9. The molecule has 2 rings (SSSR count). The van der Waals surface area contributed by atoms with Gasteiger partial charge in [0.25, 0.3) is 5.91 Å². The minimum Gasteiger partial charge on any atom is -0.455 e. The molecule has 0 aliphatic heterocycles. The Bertz CT molecular complexity index is 841. The highest BCUT2D eigenvalue weighted by Crippen LogP contribution is 2.15. The first-order valence-corrected chi connectivity index (χ1v) is 8.81. The molecule has 0 saturated carbocycles. The molecule has 0 N–H and O–H groups in total. The van der Waals surface area contributed by atoms with Crippen LogP contribution in [-0.4, -0.2) is 28.8 Å². The lowest BCUT2D eigenvalue weighted by atomic mass is 10.2. The maximum Gasteiger partial charge on any atom is 0.306 e. The van der Waals surface area contributed by atoms with Gasteiger partial charge in [-0.1, -0.05) is 29.8 Å². The lowest BCUT2D eigenvalue weighted by Crippen LogP contribution is -2.20. The number of amides is 1. The molecule has 132 valence electrons. The number of Topliss-reactive ketones (excluding diaryl/α,β-unsaturated/α-hetero) is 1. The lowest BCUT2D eigenvalue weighted by molar-refractivity contribution is -0.148. The molecule has 0 unspecified atom stereocenters. The standard InChI is InChI=1S/C17H17ClN2O4S/c1-12(21)6-7-16(23)24-11-15(22)19-17-20(8-9-25-17)10-13-4-2-3-5-14(13)18/h2-5,8-9H,6-7,10-11H2,1H3. The summed E-state index contributed by atoms with van der Waals surface area (Å²) in [5.41, 5.74) is 0.909. The minimum absolute atomic E-state index is 0.0336. The fourth-order valence-electron chi connectivity index (χ4n) is 1.95. The molecular weight excluding hydrogens is 364 g/mol. The molecule has 0 spiro atoms. The minimum atomic E-state index is -0.589. The number of ether oxygens (including phenoxy) is 1. The normalized spacial score (nSPS) is 11.4. The second-order valence-corrected chi connectivity index (χ2v) is 6.55. The number of hydrogen-bond acceptors (Lipinski definition) is 5. The first kappa shape index (κ1) is 19.1. The van der Waals surface area contributed by atoms with Gasteiger partial charge in [-0.25, -0.2) is 0 Å². The third kappa shape index (κ3) is 6.28. The summed E-state index contributed by atoms with van der Waals surface area (Å²) in [6, 6.07) is 7.43. The van der Waals surface area contributed by atoms with Gasteiger partial charge in [0.05, 0.1) is 13.0 Å². The van der Waals surface area contributed by atoms with Gasteiger partial charge in [-0.15, -0.1) is 11.3 Å². The zero-order valence-electron chi connectivity index (χ0n) is 13.6. The van der Waals surface area contributed by atoms with Gasteiger partial charge in [0, 0.05) is 23.0 Å². The van der Waals surface area contributed by atoms with Gasteiger partial charge >= 0.3 is 5.97 Å². The summed E-state index contributed by atoms with van der Waals surface area (Å²) in [5.74, 6) is -1.26. The number of ketones is 1. The summed E-state index contributed by atoms with van der Waals surface area (Å²) in [6.07, 6.45) is 1.88. The molecule has 0 aliphatic rings. The van der Waals surface area contributed by atoms with Crippen molar-refractivity contribution < 1.29 is 19.1 Å². The molecule has 1 aromatic carbocycles. The molecule has 0 atom stereocenters. The van der Waals surface area contributed by atoms with E-state index in [4.69, 9.17) is 16.3 Å². The van der Waals surface area contributed by atoms with Gasteiger partial charge < -0.3 is 14.1 Å². The first-order chi connectivity index (χ1) is 12.0. The van der Waals surface area contributed by atoms with Crippen molar-refractivity contribution in [2.45, 2.75) is 26.3 Å². The van der Waals surface area contributed by atoms with Crippen molar-refractivity contribution in [1.82, 2.24) is 4.57 Å². The monoisotopic (exact) mass is 380 g/mol. The third-order valence-electron chi connectivity index (χ3n) is 3.22. The average molecular weight is 381 g/mol. The van der Waals surface area contributed by atoms with Crippen LogP contribution in [0.5, 0.6) is 0 Å². The van der Waals surface area contributed by atoms with E-state index in [1.807, 2.05) is 23.6 Å². The Kier molecular flexibility index (Phi) is 7.09. The summed E-state index contributed by atoms with van der Waals surface area (Å²) in [4.78, 5) is 38.6. The van der Waals surface area contributed by atoms with Gasteiger partial charge in [-0.3, -0.25) is 9.59 Å². The Morgan fingerprint density at radius 1 is 1.24 bits per heavy atom. The van der Waals surface area contributed by atoms with E-state index in [1.54, 1.807) is 16.8 Å². The summed E-state index contributed by atoms with van der Waals surface area (Å²) in [6.45, 7) is 1.43. The fraction of sp³-hybridized carbons (Fsp3) is 0.294. The van der Waals surface area contributed by atoms with Gasteiger partial charge in [-0.2, -0.15) is 4.99 Å². The van der Waals surface area contributed by atoms with Crippen LogP contribution >= 0.6 is 22.9 Å². The molecular formula is C17H17ClN2O4S. The molecule has 0 bridgehead atoms. The van der Waals surface area contributed by atoms with Crippen LogP contribution in [-0.2, 0) is 25.7 Å². The van der Waals surface area contributed by atoms with Crippen LogP contribution in [0.25, 0.3) is 0 Å². The Labute approximate surface area is 153 Å². The Morgan fingerprint density at radius 2 is 2.00 bits per heavy atom. The molecule has 0 fully saturated rings. The number of halogens is 1. The number of nitrogens with zero attached hydrogens (tertiary/aromatic N) is 2. The van der Waals surface area contributed by atoms with Crippen LogP contribution in [0.4, 0.5) is 0 Å². The predicted octanol–water partition coefficient (Wildman–Crippen LogP) is 2.59. The lowest BCUT2D eigenvalue weighted by Gasteiger charge is -2.05. The van der Waals surface area contributed by atoms with Crippen molar-refractivity contribution in [3.05, 3.63) is 51.2 Å². The second-order valence-electron chi connectivity index (χ2n) is 5.27. The van der Waals surface area contributed by atoms with Crippen molar-refractivity contribution >= 4 is 40.6 Å². The average Bonchev–Trinajstić information content (AvgIpc) is 3.00. The number of rotatable bonds is 7. The van der Waals surface area contributed by atoms with Crippen LogP contribution in [0.15, 0.2) is 40.8 Å². The maximum atomic E-state index is 11.9. The fourth-order valence-corrected chi connectivity index (χ4v) is 2.89. The predicted molar refractivity (Wildman–Crippen MR) is 94.3 cm³/mol. The van der Waals surface area contributed by atoms with E-state index in [-0.39, 0.29) is 18.6 Å². The molecule has 2 aromatic rings. The summed E-state index contributed by atoms with van der Waals surface area (Å²) in [5, 5.41) is 2.44. The van der Waals surface area contributed by atoms with Gasteiger partial charge in [-0.05, 0) is 18.6 Å². The van der Waals surface area contributed by atoms with E-state index in [9.17, 15) is 14.4 Å². The van der Waals surface area contributed by atoms with E-state index in [2.05, 4.69) is 4.99 Å². The van der Waals surface area contributed by atoms with Crippen LogP contribution in [0.2, 0.25) is 5.02 Å². The van der Waals surface area contributed by atoms with E-state index >= 15 is 0 Å². The van der Waals surface area contributed by atoms with Crippen LogP contribution in [0.3, 0.4) is 0 Å². The van der Waals surface area contributed by atoms with Crippen molar-refractivity contribution in [2.75, 3.05) is 6.61 Å². The number of hydrogen-bond donors (Lipinski definition) is 0. The third-order valence-corrected chi connectivity index (χ3v) is 4.38. The summed E-state index contributed by atoms with van der Waals surface area (Å²) < 4.78 is 6.61. The molecule has 1 aromatic heterocycles. The molecule has 1 amide bonds. The number of carbonyl (C=O) groups is 3. The van der Waals surface area contributed by atoms with Crippen LogP contribution in [0.1, 0.15) is 25.3 Å². The van der Waals surface area contributed by atoms with Crippen LogP contribution in [0, 0.1) is 0 Å². The number of thiazole rings is 1. The van der Waals surface area contributed by atoms with Crippen LogP contribution < -0.4 is 4.80 Å². The highest BCUT2D eigenvalue weighted by atomic mass is 35.5. The zero-order chi connectivity index (χ0) is 18.2. The number of carbonyl (C=O) groups excluding carboxylic acids is 3. The van der Waals surface area contributed by atoms with E-state index in [1.165, 1.54) is 18.3 Å². The smallest absolute Gasteiger partial charge is 0.306 e. The molecule has 25 heavy (non-hydrogen) atoms. The molecule has 0 radical (unpaired) electrons. The second kappa shape index (κ2) is 9.29. The summed E-state index contributed by atoms with van der Waals surface area (Å²) >= 11 is 7.45. The summed E-state index contributed by atoms with van der Waals surface area (Å²) in [7, 11) is 0. The largest absolute Gasteiger partial charge is 0.455 e. The topological polar surface area (TPSA) is 77.7 Å². The molecule has 0 saturated heterocycles. The van der Waals surface area contributed by atoms with Gasteiger partial charge in [0.15, 0.2) is 11.4 Å². The molecule has 6 nitrogen and oxygen atoms in total. The van der Waals surface area contributed by atoms with E-state index in [0.717, 1.165) is 5.56 Å². The number of esters is 1. The molecule has 1 heterocycles. The van der Waals surface area contributed by atoms with E-state index in [0.29, 0.717) is 16.4 Å². The Morgan fingerprint density at radius 3 is 2.72 bits per heavy atom. The van der Waals surface area contributed by atoms with E-state index < -0.39 is 18.5 Å². The Balaban J connectivity index is 1.98. The zero-order valence-corrected chi connectivity index (χ0v) is 15.2. The highest BCUT2D eigenvalue weighted by Gasteiger charge is 2.09. The first-order valence-electron chi connectivity index (χ1n) is 7.55. The Hall–Kier alpha value is -2.25.